The lowest BCUT2D eigenvalue weighted by atomic mass is 9.99. The Labute approximate surface area is 93.6 Å². The molecule has 1 aromatic heterocycles. The van der Waals surface area contributed by atoms with Crippen LogP contribution in [0.3, 0.4) is 0 Å². The highest BCUT2D eigenvalue weighted by Gasteiger charge is 2.17. The van der Waals surface area contributed by atoms with Crippen LogP contribution in [0.4, 0.5) is 5.13 Å². The fourth-order valence-corrected chi connectivity index (χ4v) is 2.48. The van der Waals surface area contributed by atoms with Gasteiger partial charge in [-0.1, -0.05) is 18.3 Å². The quantitative estimate of drug-likeness (QED) is 0.597. The molecule has 2 heterocycles. The van der Waals surface area contributed by atoms with Crippen molar-refractivity contribution in [1.82, 2.24) is 15.1 Å². The number of nitrogens with one attached hydrogen (secondary N) is 1. The van der Waals surface area contributed by atoms with E-state index in [2.05, 4.69) is 27.4 Å². The second kappa shape index (κ2) is 4.87. The first-order valence-corrected chi connectivity index (χ1v) is 6.11. The molecule has 1 aliphatic heterocycles. The van der Waals surface area contributed by atoms with Gasteiger partial charge in [-0.3, -0.25) is 10.3 Å². The summed E-state index contributed by atoms with van der Waals surface area (Å²) in [6.45, 7) is 5.57. The summed E-state index contributed by atoms with van der Waals surface area (Å²) in [7, 11) is 0. The predicted molar refractivity (Wildman–Crippen MR) is 61.4 cm³/mol. The Bertz CT molecular complexity index is 305. The van der Waals surface area contributed by atoms with Crippen LogP contribution in [0, 0.1) is 5.92 Å². The van der Waals surface area contributed by atoms with E-state index in [-0.39, 0.29) is 0 Å². The van der Waals surface area contributed by atoms with Crippen LogP contribution in [0.25, 0.3) is 0 Å². The maximum absolute atomic E-state index is 5.26. The van der Waals surface area contributed by atoms with Gasteiger partial charge < -0.3 is 0 Å². The summed E-state index contributed by atoms with van der Waals surface area (Å²) in [5.41, 5.74) is 2.52. The van der Waals surface area contributed by atoms with E-state index in [0.717, 1.165) is 17.5 Å². The number of nitrogen functional groups attached to an aromatic ring is 1. The Kier molecular flexibility index (Phi) is 3.50. The van der Waals surface area contributed by atoms with Crippen LogP contribution in [0.15, 0.2) is 0 Å². The first kappa shape index (κ1) is 10.8. The normalized spacial score (nSPS) is 19.3. The second-order valence-electron chi connectivity index (χ2n) is 4.10. The standard InChI is InChI=1S/C9H17N5S/c1-7-2-4-14(5-3-7)6-8-12-13-9(11-10)15-8/h7H,2-6,10H2,1H3,(H,11,13). The van der Waals surface area contributed by atoms with Crippen LogP contribution >= 0.6 is 11.3 Å². The topological polar surface area (TPSA) is 67.1 Å². The Morgan fingerprint density at radius 1 is 1.47 bits per heavy atom. The molecule has 0 spiro atoms. The molecule has 0 atom stereocenters. The number of nitrogens with zero attached hydrogens (tertiary/aromatic N) is 3. The molecule has 1 aliphatic rings. The van der Waals surface area contributed by atoms with Gasteiger partial charge in [0.25, 0.3) is 0 Å². The molecule has 6 heteroatoms. The Balaban J connectivity index is 1.86. The summed E-state index contributed by atoms with van der Waals surface area (Å²) < 4.78 is 0. The molecule has 1 aromatic rings. The van der Waals surface area contributed by atoms with Crippen molar-refractivity contribution in [2.24, 2.45) is 11.8 Å². The monoisotopic (exact) mass is 227 g/mol. The Morgan fingerprint density at radius 2 is 2.20 bits per heavy atom. The van der Waals surface area contributed by atoms with Crippen molar-refractivity contribution in [1.29, 1.82) is 0 Å². The Morgan fingerprint density at radius 3 is 2.80 bits per heavy atom. The molecule has 1 saturated heterocycles. The minimum Gasteiger partial charge on any atom is -0.298 e. The van der Waals surface area contributed by atoms with E-state index in [1.165, 1.54) is 37.3 Å². The van der Waals surface area contributed by atoms with Gasteiger partial charge in [-0.05, 0) is 31.8 Å². The highest BCUT2D eigenvalue weighted by Crippen LogP contribution is 2.20. The third kappa shape index (κ3) is 2.87. The van der Waals surface area contributed by atoms with Crippen molar-refractivity contribution in [2.45, 2.75) is 26.3 Å². The van der Waals surface area contributed by atoms with Crippen LogP contribution in [-0.4, -0.2) is 28.2 Å². The lowest BCUT2D eigenvalue weighted by molar-refractivity contribution is 0.185. The number of hydrogen-bond donors (Lipinski definition) is 2. The molecule has 0 saturated carbocycles. The molecule has 84 valence electrons. The molecule has 2 rings (SSSR count). The average molecular weight is 227 g/mol. The van der Waals surface area contributed by atoms with E-state index in [0.29, 0.717) is 5.13 Å². The maximum Gasteiger partial charge on any atom is 0.219 e. The molecule has 0 bridgehead atoms. The van der Waals surface area contributed by atoms with Crippen molar-refractivity contribution in [2.75, 3.05) is 18.5 Å². The summed E-state index contributed by atoms with van der Waals surface area (Å²) in [6.07, 6.45) is 2.58. The lowest BCUT2D eigenvalue weighted by Gasteiger charge is -2.29. The lowest BCUT2D eigenvalue weighted by Crippen LogP contribution is -2.32. The van der Waals surface area contributed by atoms with Crippen molar-refractivity contribution >= 4 is 16.5 Å². The molecule has 1 fully saturated rings. The van der Waals surface area contributed by atoms with Crippen molar-refractivity contribution in [3.8, 4) is 0 Å². The van der Waals surface area contributed by atoms with E-state index >= 15 is 0 Å². The molecule has 0 aromatic carbocycles. The van der Waals surface area contributed by atoms with E-state index in [4.69, 9.17) is 5.84 Å². The number of nitrogens with two attached hydrogens (primary N) is 1. The summed E-state index contributed by atoms with van der Waals surface area (Å²) in [6, 6.07) is 0. The van der Waals surface area contributed by atoms with Crippen LogP contribution < -0.4 is 11.3 Å². The Hall–Kier alpha value is -0.720. The summed E-state index contributed by atoms with van der Waals surface area (Å²) in [4.78, 5) is 2.43. The van der Waals surface area contributed by atoms with E-state index < -0.39 is 0 Å². The van der Waals surface area contributed by atoms with Crippen LogP contribution in [-0.2, 0) is 6.54 Å². The van der Waals surface area contributed by atoms with Crippen molar-refractivity contribution < 1.29 is 0 Å². The number of piperidine rings is 1. The molecule has 0 radical (unpaired) electrons. The second-order valence-corrected chi connectivity index (χ2v) is 5.17. The highest BCUT2D eigenvalue weighted by atomic mass is 32.1. The number of rotatable bonds is 3. The smallest absolute Gasteiger partial charge is 0.219 e. The third-order valence-corrected chi connectivity index (χ3v) is 3.66. The SMILES string of the molecule is CC1CCN(Cc2nnc(NN)s2)CC1. The summed E-state index contributed by atoms with van der Waals surface area (Å²) >= 11 is 1.53. The van der Waals surface area contributed by atoms with Gasteiger partial charge >= 0.3 is 0 Å². The van der Waals surface area contributed by atoms with Crippen LogP contribution in [0.2, 0.25) is 0 Å². The highest BCUT2D eigenvalue weighted by molar-refractivity contribution is 7.15. The first-order chi connectivity index (χ1) is 7.28. The fraction of sp³-hybridized carbons (Fsp3) is 0.778. The van der Waals surface area contributed by atoms with Gasteiger partial charge in [0, 0.05) is 0 Å². The van der Waals surface area contributed by atoms with Gasteiger partial charge in [-0.2, -0.15) is 0 Å². The molecule has 0 amide bonds. The number of aromatic nitrogens is 2. The van der Waals surface area contributed by atoms with E-state index in [1.54, 1.807) is 0 Å². The number of likely N-dealkylation sites (tertiary alicyclic amines) is 1. The summed E-state index contributed by atoms with van der Waals surface area (Å²) in [5.74, 6) is 6.13. The maximum atomic E-state index is 5.26. The van der Waals surface area contributed by atoms with Crippen LogP contribution in [0.1, 0.15) is 24.8 Å². The zero-order valence-corrected chi connectivity index (χ0v) is 9.76. The number of anilines is 1. The molecular formula is C9H17N5S. The molecular weight excluding hydrogens is 210 g/mol. The average Bonchev–Trinajstić information content (AvgIpc) is 2.69. The van der Waals surface area contributed by atoms with E-state index in [9.17, 15) is 0 Å². The largest absolute Gasteiger partial charge is 0.298 e. The van der Waals surface area contributed by atoms with Gasteiger partial charge in [0.15, 0.2) is 0 Å². The van der Waals surface area contributed by atoms with Crippen molar-refractivity contribution in [3.63, 3.8) is 0 Å². The molecule has 5 nitrogen and oxygen atoms in total. The zero-order valence-electron chi connectivity index (χ0n) is 8.94. The first-order valence-electron chi connectivity index (χ1n) is 5.29. The minimum atomic E-state index is 0.690. The van der Waals surface area contributed by atoms with Gasteiger partial charge in [0.1, 0.15) is 5.01 Å². The third-order valence-electron chi connectivity index (χ3n) is 2.83. The van der Waals surface area contributed by atoms with Gasteiger partial charge in [0.2, 0.25) is 5.13 Å². The molecule has 3 N–H and O–H groups in total. The van der Waals surface area contributed by atoms with Crippen LogP contribution in [0.5, 0.6) is 0 Å². The molecule has 0 unspecified atom stereocenters. The predicted octanol–water partition coefficient (Wildman–Crippen LogP) is 1.06. The van der Waals surface area contributed by atoms with Gasteiger partial charge in [0.05, 0.1) is 6.54 Å². The molecule has 15 heavy (non-hydrogen) atoms. The summed E-state index contributed by atoms with van der Waals surface area (Å²) in [5, 5.41) is 9.73. The minimum absolute atomic E-state index is 0.690. The number of hydrogen-bond acceptors (Lipinski definition) is 6. The fourth-order valence-electron chi connectivity index (χ4n) is 1.79. The molecule has 0 aliphatic carbocycles. The number of hydrazine groups is 1. The van der Waals surface area contributed by atoms with E-state index in [1.807, 2.05) is 0 Å². The zero-order chi connectivity index (χ0) is 10.7. The van der Waals surface area contributed by atoms with Crippen molar-refractivity contribution in [3.05, 3.63) is 5.01 Å². The van der Waals surface area contributed by atoms with Gasteiger partial charge in [-0.15, -0.1) is 10.2 Å². The van der Waals surface area contributed by atoms with Gasteiger partial charge in [-0.25, -0.2) is 5.84 Å².